The summed E-state index contributed by atoms with van der Waals surface area (Å²) in [5.41, 5.74) is 1.87. The Balaban J connectivity index is 2.09. The van der Waals surface area contributed by atoms with E-state index in [1.165, 1.54) is 0 Å². The lowest BCUT2D eigenvalue weighted by atomic mass is 10.1. The molecule has 0 aliphatic carbocycles. The first kappa shape index (κ1) is 11.0. The van der Waals surface area contributed by atoms with Gasteiger partial charge >= 0.3 is 0 Å². The Labute approximate surface area is 108 Å². The van der Waals surface area contributed by atoms with Crippen LogP contribution in [-0.2, 0) is 0 Å². The molecule has 18 heavy (non-hydrogen) atoms. The number of benzene rings is 2. The summed E-state index contributed by atoms with van der Waals surface area (Å²) in [7, 11) is 0. The van der Waals surface area contributed by atoms with Gasteiger partial charge in [-0.1, -0.05) is 29.8 Å². The van der Waals surface area contributed by atoms with E-state index < -0.39 is 0 Å². The Bertz CT molecular complexity index is 716. The number of fused-ring (bicyclic) bond motifs is 1. The number of carbonyl (C=O) groups is 1. The topological polar surface area (TPSA) is 45.8 Å². The average molecular weight is 257 g/mol. The number of halogens is 1. The van der Waals surface area contributed by atoms with E-state index in [0.717, 1.165) is 10.9 Å². The Morgan fingerprint density at radius 2 is 1.78 bits per heavy atom. The minimum Gasteiger partial charge on any atom is -0.287 e. The zero-order valence-corrected chi connectivity index (χ0v) is 10.1. The van der Waals surface area contributed by atoms with Gasteiger partial charge in [0, 0.05) is 16.0 Å². The van der Waals surface area contributed by atoms with Crippen molar-refractivity contribution in [3.05, 3.63) is 64.8 Å². The first-order valence-corrected chi connectivity index (χ1v) is 5.87. The molecule has 0 saturated heterocycles. The van der Waals surface area contributed by atoms with Gasteiger partial charge in [0.15, 0.2) is 0 Å². The molecule has 3 nitrogen and oxygen atoms in total. The summed E-state index contributed by atoms with van der Waals surface area (Å²) in [6.45, 7) is 0. The van der Waals surface area contributed by atoms with Crippen LogP contribution in [0.1, 0.15) is 16.1 Å². The van der Waals surface area contributed by atoms with Crippen LogP contribution >= 0.6 is 11.6 Å². The van der Waals surface area contributed by atoms with Gasteiger partial charge in [0.1, 0.15) is 5.69 Å². The van der Waals surface area contributed by atoms with Crippen molar-refractivity contribution in [2.75, 3.05) is 0 Å². The van der Waals surface area contributed by atoms with Crippen molar-refractivity contribution >= 4 is 28.3 Å². The molecule has 88 valence electrons. The highest BCUT2D eigenvalue weighted by molar-refractivity contribution is 6.30. The van der Waals surface area contributed by atoms with Crippen LogP contribution in [0.2, 0.25) is 5.02 Å². The van der Waals surface area contributed by atoms with E-state index in [2.05, 4.69) is 10.2 Å². The number of ketones is 1. The second-order valence-corrected chi connectivity index (χ2v) is 4.39. The molecule has 0 spiro atoms. The summed E-state index contributed by atoms with van der Waals surface area (Å²) in [4.78, 5) is 12.3. The number of aromatic amines is 1. The molecule has 0 aliphatic rings. The monoisotopic (exact) mass is 256 g/mol. The van der Waals surface area contributed by atoms with E-state index >= 15 is 0 Å². The minimum absolute atomic E-state index is 0.107. The lowest BCUT2D eigenvalue weighted by Gasteiger charge is -1.98. The molecular weight excluding hydrogens is 248 g/mol. The number of hydrogen-bond donors (Lipinski definition) is 1. The molecule has 0 aliphatic heterocycles. The van der Waals surface area contributed by atoms with Gasteiger partial charge in [-0.15, -0.1) is 0 Å². The Kier molecular flexibility index (Phi) is 2.61. The molecular formula is C14H9ClN2O. The molecule has 1 aromatic heterocycles. The summed E-state index contributed by atoms with van der Waals surface area (Å²) < 4.78 is 0. The molecule has 0 atom stereocenters. The third-order valence-corrected chi connectivity index (χ3v) is 3.04. The average Bonchev–Trinajstić information content (AvgIpc) is 2.82. The van der Waals surface area contributed by atoms with E-state index in [1.807, 2.05) is 24.3 Å². The largest absolute Gasteiger partial charge is 0.287 e. The number of carbonyl (C=O) groups excluding carboxylic acids is 1. The fourth-order valence-corrected chi connectivity index (χ4v) is 2.00. The second kappa shape index (κ2) is 4.27. The van der Waals surface area contributed by atoms with Crippen LogP contribution in [0.3, 0.4) is 0 Å². The predicted molar refractivity (Wildman–Crippen MR) is 71.0 cm³/mol. The molecule has 0 radical (unpaired) electrons. The summed E-state index contributed by atoms with van der Waals surface area (Å²) in [6.07, 6.45) is 0. The molecule has 1 heterocycles. The van der Waals surface area contributed by atoms with Gasteiger partial charge in [0.2, 0.25) is 5.78 Å². The van der Waals surface area contributed by atoms with E-state index in [4.69, 9.17) is 11.6 Å². The van der Waals surface area contributed by atoms with Gasteiger partial charge in [0.05, 0.1) is 5.52 Å². The van der Waals surface area contributed by atoms with Gasteiger partial charge in [-0.05, 0) is 30.3 Å². The highest BCUT2D eigenvalue weighted by Crippen LogP contribution is 2.19. The summed E-state index contributed by atoms with van der Waals surface area (Å²) >= 11 is 5.80. The molecule has 3 aromatic rings. The zero-order valence-electron chi connectivity index (χ0n) is 9.35. The van der Waals surface area contributed by atoms with Gasteiger partial charge in [-0.25, -0.2) is 0 Å². The molecule has 3 rings (SSSR count). The predicted octanol–water partition coefficient (Wildman–Crippen LogP) is 3.45. The van der Waals surface area contributed by atoms with Crippen LogP contribution in [0.4, 0.5) is 0 Å². The van der Waals surface area contributed by atoms with Crippen LogP contribution in [0.5, 0.6) is 0 Å². The number of rotatable bonds is 2. The van der Waals surface area contributed by atoms with Crippen molar-refractivity contribution in [3.8, 4) is 0 Å². The van der Waals surface area contributed by atoms with Crippen molar-refractivity contribution in [1.82, 2.24) is 10.2 Å². The van der Waals surface area contributed by atoms with Gasteiger partial charge in [-0.3, -0.25) is 9.89 Å². The van der Waals surface area contributed by atoms with Crippen LogP contribution < -0.4 is 0 Å². The maximum absolute atomic E-state index is 12.3. The molecule has 0 unspecified atom stereocenters. The summed E-state index contributed by atoms with van der Waals surface area (Å²) in [6, 6.07) is 14.4. The van der Waals surface area contributed by atoms with E-state index in [0.29, 0.717) is 16.3 Å². The number of aromatic nitrogens is 2. The SMILES string of the molecule is O=C(c1ccc(Cl)cc1)c1n[nH]c2ccccc12. The van der Waals surface area contributed by atoms with Crippen molar-refractivity contribution in [2.24, 2.45) is 0 Å². The fourth-order valence-electron chi connectivity index (χ4n) is 1.87. The molecule has 0 amide bonds. The van der Waals surface area contributed by atoms with Crippen LogP contribution in [-0.4, -0.2) is 16.0 Å². The third-order valence-electron chi connectivity index (χ3n) is 2.79. The lowest BCUT2D eigenvalue weighted by molar-refractivity contribution is 0.103. The van der Waals surface area contributed by atoms with Gasteiger partial charge in [-0.2, -0.15) is 5.10 Å². The van der Waals surface area contributed by atoms with Crippen molar-refractivity contribution < 1.29 is 4.79 Å². The molecule has 0 bridgehead atoms. The van der Waals surface area contributed by atoms with E-state index in [1.54, 1.807) is 24.3 Å². The highest BCUT2D eigenvalue weighted by atomic mass is 35.5. The van der Waals surface area contributed by atoms with Crippen LogP contribution in [0, 0.1) is 0 Å². The Hall–Kier alpha value is -2.13. The lowest BCUT2D eigenvalue weighted by Crippen LogP contribution is -2.02. The number of H-pyrrole nitrogens is 1. The van der Waals surface area contributed by atoms with Crippen LogP contribution in [0.25, 0.3) is 10.9 Å². The minimum atomic E-state index is -0.107. The second-order valence-electron chi connectivity index (χ2n) is 3.95. The van der Waals surface area contributed by atoms with Gasteiger partial charge < -0.3 is 0 Å². The van der Waals surface area contributed by atoms with Crippen molar-refractivity contribution in [1.29, 1.82) is 0 Å². The standard InChI is InChI=1S/C14H9ClN2O/c15-10-7-5-9(6-8-10)14(18)13-11-3-1-2-4-12(11)16-17-13/h1-8H,(H,16,17). The molecule has 0 saturated carbocycles. The van der Waals surface area contributed by atoms with Crippen molar-refractivity contribution in [2.45, 2.75) is 0 Å². The number of hydrogen-bond acceptors (Lipinski definition) is 2. The van der Waals surface area contributed by atoms with E-state index in [-0.39, 0.29) is 5.78 Å². The fraction of sp³-hybridized carbons (Fsp3) is 0. The molecule has 1 N–H and O–H groups in total. The Morgan fingerprint density at radius 1 is 1.06 bits per heavy atom. The smallest absolute Gasteiger partial charge is 0.213 e. The third kappa shape index (κ3) is 1.79. The first-order valence-electron chi connectivity index (χ1n) is 5.49. The molecule has 4 heteroatoms. The number of nitrogens with zero attached hydrogens (tertiary/aromatic N) is 1. The maximum atomic E-state index is 12.3. The molecule has 0 fully saturated rings. The highest BCUT2D eigenvalue weighted by Gasteiger charge is 2.15. The number of para-hydroxylation sites is 1. The molecule has 2 aromatic carbocycles. The Morgan fingerprint density at radius 3 is 2.56 bits per heavy atom. The maximum Gasteiger partial charge on any atom is 0.213 e. The quantitative estimate of drug-likeness (QED) is 0.714. The van der Waals surface area contributed by atoms with Crippen LogP contribution in [0.15, 0.2) is 48.5 Å². The summed E-state index contributed by atoms with van der Waals surface area (Å²) in [5.74, 6) is -0.107. The van der Waals surface area contributed by atoms with Gasteiger partial charge in [0.25, 0.3) is 0 Å². The normalized spacial score (nSPS) is 10.7. The van der Waals surface area contributed by atoms with Crippen molar-refractivity contribution in [3.63, 3.8) is 0 Å². The summed E-state index contributed by atoms with van der Waals surface area (Å²) in [5, 5.41) is 8.38. The van der Waals surface area contributed by atoms with E-state index in [9.17, 15) is 4.79 Å². The zero-order chi connectivity index (χ0) is 12.5. The first-order chi connectivity index (χ1) is 8.75. The number of nitrogens with one attached hydrogen (secondary N) is 1.